The molecule has 0 aliphatic heterocycles. The molecule has 0 radical (unpaired) electrons. The van der Waals surface area contributed by atoms with E-state index in [-0.39, 0.29) is 0 Å². The Morgan fingerprint density at radius 1 is 0.941 bits per heavy atom. The Kier molecular flexibility index (Phi) is 3.70. The van der Waals surface area contributed by atoms with Crippen LogP contribution >= 0.6 is 11.6 Å². The van der Waals surface area contributed by atoms with Gasteiger partial charge in [0.25, 0.3) is 0 Å². The normalized spacial score (nSPS) is 10.3. The minimum Gasteiger partial charge on any atom is -0.457 e. The molecular formula is C15H15ClO. The lowest BCUT2D eigenvalue weighted by atomic mass is 10.1. The summed E-state index contributed by atoms with van der Waals surface area (Å²) in [7, 11) is 0. The average Bonchev–Trinajstić information content (AvgIpc) is 2.32. The van der Waals surface area contributed by atoms with Crippen molar-refractivity contribution in [1.29, 1.82) is 0 Å². The molecule has 0 fully saturated rings. The van der Waals surface area contributed by atoms with Crippen LogP contribution in [0.2, 0.25) is 0 Å². The monoisotopic (exact) mass is 246 g/mol. The molecule has 1 nitrogen and oxygen atoms in total. The van der Waals surface area contributed by atoms with E-state index in [9.17, 15) is 0 Å². The molecular weight excluding hydrogens is 232 g/mol. The fourth-order valence-corrected chi connectivity index (χ4v) is 1.92. The maximum Gasteiger partial charge on any atom is 0.127 e. The van der Waals surface area contributed by atoms with Crippen LogP contribution < -0.4 is 4.74 Å². The maximum atomic E-state index is 5.82. The third-order valence-electron chi connectivity index (χ3n) is 2.71. The predicted molar refractivity (Wildman–Crippen MR) is 72.0 cm³/mol. The molecule has 0 amide bonds. The number of rotatable bonds is 3. The highest BCUT2D eigenvalue weighted by atomic mass is 35.5. The van der Waals surface area contributed by atoms with Crippen molar-refractivity contribution in [3.8, 4) is 11.5 Å². The number of ether oxygens (including phenoxy) is 1. The van der Waals surface area contributed by atoms with E-state index in [1.165, 1.54) is 5.56 Å². The molecule has 2 aromatic rings. The van der Waals surface area contributed by atoms with Crippen molar-refractivity contribution in [3.63, 3.8) is 0 Å². The van der Waals surface area contributed by atoms with Gasteiger partial charge in [0, 0.05) is 5.88 Å². The molecule has 0 aliphatic carbocycles. The first-order valence-corrected chi connectivity index (χ1v) is 6.12. The van der Waals surface area contributed by atoms with Crippen molar-refractivity contribution in [2.45, 2.75) is 19.7 Å². The molecule has 0 saturated carbocycles. The zero-order chi connectivity index (χ0) is 12.3. The minimum absolute atomic E-state index is 0.538. The van der Waals surface area contributed by atoms with E-state index in [0.717, 1.165) is 22.6 Å². The van der Waals surface area contributed by atoms with Crippen LogP contribution in [0.25, 0.3) is 0 Å². The topological polar surface area (TPSA) is 9.23 Å². The number of benzene rings is 2. The standard InChI is InChI=1S/C15H15ClO/c1-11-3-6-14(7-4-11)17-15-8-5-13(10-16)12(2)9-15/h3-9H,10H2,1-2H3. The Balaban J connectivity index is 2.19. The van der Waals surface area contributed by atoms with E-state index in [4.69, 9.17) is 16.3 Å². The van der Waals surface area contributed by atoms with Gasteiger partial charge in [-0.25, -0.2) is 0 Å². The van der Waals surface area contributed by atoms with Gasteiger partial charge in [-0.1, -0.05) is 23.8 Å². The van der Waals surface area contributed by atoms with Gasteiger partial charge in [0.1, 0.15) is 11.5 Å². The summed E-state index contributed by atoms with van der Waals surface area (Å²) in [4.78, 5) is 0. The molecule has 0 atom stereocenters. The van der Waals surface area contributed by atoms with Crippen molar-refractivity contribution >= 4 is 11.6 Å². The van der Waals surface area contributed by atoms with E-state index in [1.54, 1.807) is 0 Å². The van der Waals surface area contributed by atoms with Crippen LogP contribution in [0.3, 0.4) is 0 Å². The van der Waals surface area contributed by atoms with Crippen LogP contribution in [0.1, 0.15) is 16.7 Å². The fraction of sp³-hybridized carbons (Fsp3) is 0.200. The molecule has 2 heteroatoms. The third-order valence-corrected chi connectivity index (χ3v) is 3.00. The van der Waals surface area contributed by atoms with Gasteiger partial charge in [-0.3, -0.25) is 0 Å². The van der Waals surface area contributed by atoms with Gasteiger partial charge in [0.05, 0.1) is 0 Å². The van der Waals surface area contributed by atoms with Crippen molar-refractivity contribution < 1.29 is 4.74 Å². The molecule has 0 saturated heterocycles. The SMILES string of the molecule is Cc1ccc(Oc2ccc(CCl)c(C)c2)cc1. The predicted octanol–water partition coefficient (Wildman–Crippen LogP) is 4.83. The summed E-state index contributed by atoms with van der Waals surface area (Å²) in [6.45, 7) is 4.10. The number of aryl methyl sites for hydroxylation is 2. The Labute approximate surface area is 107 Å². The lowest BCUT2D eigenvalue weighted by molar-refractivity contribution is 0.482. The summed E-state index contributed by atoms with van der Waals surface area (Å²) in [6.07, 6.45) is 0. The molecule has 0 heterocycles. The highest BCUT2D eigenvalue weighted by Gasteiger charge is 2.01. The molecule has 0 unspecified atom stereocenters. The first-order chi connectivity index (χ1) is 8.19. The Morgan fingerprint density at radius 3 is 2.18 bits per heavy atom. The van der Waals surface area contributed by atoms with Crippen LogP contribution in [0.15, 0.2) is 42.5 Å². The Morgan fingerprint density at radius 2 is 1.59 bits per heavy atom. The highest BCUT2D eigenvalue weighted by molar-refractivity contribution is 6.17. The smallest absolute Gasteiger partial charge is 0.127 e. The molecule has 2 rings (SSSR count). The summed E-state index contributed by atoms with van der Waals surface area (Å²) in [5.74, 6) is 2.24. The average molecular weight is 247 g/mol. The van der Waals surface area contributed by atoms with Crippen LogP contribution in [0.5, 0.6) is 11.5 Å². The summed E-state index contributed by atoms with van der Waals surface area (Å²) in [5, 5.41) is 0. The molecule has 0 spiro atoms. The zero-order valence-corrected chi connectivity index (χ0v) is 10.8. The molecule has 2 aromatic carbocycles. The summed E-state index contributed by atoms with van der Waals surface area (Å²) in [5.41, 5.74) is 3.53. The summed E-state index contributed by atoms with van der Waals surface area (Å²) in [6, 6.07) is 14.0. The molecule has 0 aliphatic rings. The molecule has 0 aromatic heterocycles. The van der Waals surface area contributed by atoms with Crippen molar-refractivity contribution in [2.75, 3.05) is 0 Å². The van der Waals surface area contributed by atoms with Gasteiger partial charge in [-0.2, -0.15) is 0 Å². The van der Waals surface area contributed by atoms with Crippen LogP contribution in [-0.4, -0.2) is 0 Å². The second-order valence-corrected chi connectivity index (χ2v) is 4.40. The number of hydrogen-bond donors (Lipinski definition) is 0. The van der Waals surface area contributed by atoms with E-state index in [1.807, 2.05) is 49.4 Å². The second-order valence-electron chi connectivity index (χ2n) is 4.14. The number of halogens is 1. The lowest BCUT2D eigenvalue weighted by Gasteiger charge is -2.08. The quantitative estimate of drug-likeness (QED) is 0.705. The second kappa shape index (κ2) is 5.24. The van der Waals surface area contributed by atoms with E-state index in [0.29, 0.717) is 5.88 Å². The summed E-state index contributed by atoms with van der Waals surface area (Å²) < 4.78 is 5.77. The van der Waals surface area contributed by atoms with Crippen molar-refractivity contribution in [1.82, 2.24) is 0 Å². The summed E-state index contributed by atoms with van der Waals surface area (Å²) >= 11 is 5.82. The maximum absolute atomic E-state index is 5.82. The van der Waals surface area contributed by atoms with Crippen molar-refractivity contribution in [2.24, 2.45) is 0 Å². The van der Waals surface area contributed by atoms with Gasteiger partial charge in [0.2, 0.25) is 0 Å². The van der Waals surface area contributed by atoms with E-state index < -0.39 is 0 Å². The van der Waals surface area contributed by atoms with E-state index >= 15 is 0 Å². The first-order valence-electron chi connectivity index (χ1n) is 5.59. The first kappa shape index (κ1) is 12.0. The van der Waals surface area contributed by atoms with Gasteiger partial charge in [-0.15, -0.1) is 11.6 Å². The van der Waals surface area contributed by atoms with Crippen LogP contribution in [0.4, 0.5) is 0 Å². The minimum atomic E-state index is 0.538. The molecule has 88 valence electrons. The van der Waals surface area contributed by atoms with Crippen LogP contribution in [-0.2, 0) is 5.88 Å². The fourth-order valence-electron chi connectivity index (χ4n) is 1.62. The van der Waals surface area contributed by atoms with Crippen LogP contribution in [0, 0.1) is 13.8 Å². The van der Waals surface area contributed by atoms with Gasteiger partial charge >= 0.3 is 0 Å². The molecule has 0 bridgehead atoms. The number of alkyl halides is 1. The van der Waals surface area contributed by atoms with Gasteiger partial charge < -0.3 is 4.74 Å². The third kappa shape index (κ3) is 3.01. The molecule has 17 heavy (non-hydrogen) atoms. The Bertz CT molecular complexity index is 503. The largest absolute Gasteiger partial charge is 0.457 e. The van der Waals surface area contributed by atoms with Gasteiger partial charge in [0.15, 0.2) is 0 Å². The molecule has 0 N–H and O–H groups in total. The number of hydrogen-bond acceptors (Lipinski definition) is 1. The zero-order valence-electron chi connectivity index (χ0n) is 10.0. The highest BCUT2D eigenvalue weighted by Crippen LogP contribution is 2.24. The lowest BCUT2D eigenvalue weighted by Crippen LogP contribution is -1.88. The van der Waals surface area contributed by atoms with E-state index in [2.05, 4.69) is 6.92 Å². The Hall–Kier alpha value is -1.47. The van der Waals surface area contributed by atoms with Crippen molar-refractivity contribution in [3.05, 3.63) is 59.2 Å². The van der Waals surface area contributed by atoms with Gasteiger partial charge in [-0.05, 0) is 49.2 Å².